The van der Waals surface area contributed by atoms with E-state index in [9.17, 15) is 4.39 Å². The van der Waals surface area contributed by atoms with E-state index < -0.39 is 0 Å². The van der Waals surface area contributed by atoms with Crippen LogP contribution in [0.4, 0.5) is 4.39 Å². The van der Waals surface area contributed by atoms with Gasteiger partial charge in [0, 0.05) is 5.02 Å². The van der Waals surface area contributed by atoms with Crippen LogP contribution in [0.1, 0.15) is 38.2 Å². The minimum Gasteiger partial charge on any atom is -0.316 e. The second kappa shape index (κ2) is 7.25. The standard InChI is InChI=1S/C16H23ClFN/c1-2-8-19-11-13-5-3-4-12(13)9-14-10-15(17)6-7-16(14)18/h6-7,10,12-13,19H,2-5,8-9,11H2,1H3. The van der Waals surface area contributed by atoms with Gasteiger partial charge in [-0.25, -0.2) is 4.39 Å². The van der Waals surface area contributed by atoms with Gasteiger partial charge >= 0.3 is 0 Å². The van der Waals surface area contributed by atoms with E-state index >= 15 is 0 Å². The minimum absolute atomic E-state index is 0.114. The Morgan fingerprint density at radius 2 is 2.11 bits per heavy atom. The van der Waals surface area contributed by atoms with E-state index in [0.29, 0.717) is 16.9 Å². The van der Waals surface area contributed by atoms with E-state index in [2.05, 4.69) is 12.2 Å². The van der Waals surface area contributed by atoms with Crippen LogP contribution in [0.2, 0.25) is 5.02 Å². The molecule has 0 saturated heterocycles. The Labute approximate surface area is 120 Å². The van der Waals surface area contributed by atoms with Gasteiger partial charge in [0.2, 0.25) is 0 Å². The summed E-state index contributed by atoms with van der Waals surface area (Å²) in [6, 6.07) is 4.89. The summed E-state index contributed by atoms with van der Waals surface area (Å²) in [5.41, 5.74) is 0.778. The summed E-state index contributed by atoms with van der Waals surface area (Å²) in [4.78, 5) is 0. The van der Waals surface area contributed by atoms with E-state index in [1.54, 1.807) is 12.1 Å². The quantitative estimate of drug-likeness (QED) is 0.761. The zero-order chi connectivity index (χ0) is 13.7. The minimum atomic E-state index is -0.114. The molecule has 1 fully saturated rings. The molecular formula is C16H23ClFN. The summed E-state index contributed by atoms with van der Waals surface area (Å²) in [6.45, 7) is 4.33. The summed E-state index contributed by atoms with van der Waals surface area (Å²) in [6.07, 6.45) is 5.74. The Bertz CT molecular complexity index is 408. The zero-order valence-electron chi connectivity index (χ0n) is 11.6. The number of nitrogens with one attached hydrogen (secondary N) is 1. The third-order valence-electron chi connectivity index (χ3n) is 4.14. The van der Waals surface area contributed by atoms with Crippen LogP contribution in [0.5, 0.6) is 0 Å². The van der Waals surface area contributed by atoms with Gasteiger partial charge in [0.25, 0.3) is 0 Å². The summed E-state index contributed by atoms with van der Waals surface area (Å²) >= 11 is 5.96. The predicted octanol–water partition coefficient (Wildman–Crippen LogP) is 4.44. The largest absolute Gasteiger partial charge is 0.316 e. The lowest BCUT2D eigenvalue weighted by Gasteiger charge is -2.20. The lowest BCUT2D eigenvalue weighted by Crippen LogP contribution is -2.26. The molecular weight excluding hydrogens is 261 g/mol. The maximum Gasteiger partial charge on any atom is 0.126 e. The molecule has 2 rings (SSSR count). The van der Waals surface area contributed by atoms with Gasteiger partial charge in [-0.1, -0.05) is 24.9 Å². The molecule has 1 saturated carbocycles. The fourth-order valence-electron chi connectivity index (χ4n) is 3.10. The smallest absolute Gasteiger partial charge is 0.126 e. The molecule has 0 spiro atoms. The predicted molar refractivity (Wildman–Crippen MR) is 79.1 cm³/mol. The molecule has 2 unspecified atom stereocenters. The zero-order valence-corrected chi connectivity index (χ0v) is 12.3. The number of hydrogen-bond donors (Lipinski definition) is 1. The van der Waals surface area contributed by atoms with Crippen molar-refractivity contribution in [1.29, 1.82) is 0 Å². The van der Waals surface area contributed by atoms with Crippen molar-refractivity contribution in [2.24, 2.45) is 11.8 Å². The first-order valence-electron chi connectivity index (χ1n) is 7.35. The van der Waals surface area contributed by atoms with E-state index in [-0.39, 0.29) is 5.82 Å². The molecule has 1 aliphatic rings. The maximum absolute atomic E-state index is 13.8. The molecule has 1 aromatic carbocycles. The molecule has 19 heavy (non-hydrogen) atoms. The van der Waals surface area contributed by atoms with Crippen molar-refractivity contribution < 1.29 is 4.39 Å². The molecule has 0 radical (unpaired) electrons. The molecule has 1 nitrogen and oxygen atoms in total. The van der Waals surface area contributed by atoms with E-state index in [1.807, 2.05) is 0 Å². The first-order chi connectivity index (χ1) is 9.20. The van der Waals surface area contributed by atoms with Gasteiger partial charge in [0.05, 0.1) is 0 Å². The van der Waals surface area contributed by atoms with Gasteiger partial charge in [-0.2, -0.15) is 0 Å². The lowest BCUT2D eigenvalue weighted by atomic mass is 9.89. The third-order valence-corrected chi connectivity index (χ3v) is 4.37. The van der Waals surface area contributed by atoms with Crippen LogP contribution in [0.3, 0.4) is 0 Å². The number of benzene rings is 1. The van der Waals surface area contributed by atoms with Crippen LogP contribution in [-0.4, -0.2) is 13.1 Å². The molecule has 1 aliphatic carbocycles. The highest BCUT2D eigenvalue weighted by atomic mass is 35.5. The Hall–Kier alpha value is -0.600. The molecule has 0 heterocycles. The fourth-order valence-corrected chi connectivity index (χ4v) is 3.29. The van der Waals surface area contributed by atoms with Crippen LogP contribution in [0, 0.1) is 17.7 Å². The summed E-state index contributed by atoms with van der Waals surface area (Å²) in [5.74, 6) is 1.17. The molecule has 2 atom stereocenters. The monoisotopic (exact) mass is 283 g/mol. The highest BCUT2D eigenvalue weighted by Gasteiger charge is 2.27. The van der Waals surface area contributed by atoms with E-state index in [4.69, 9.17) is 11.6 Å². The molecule has 1 aromatic rings. The Kier molecular flexibility index (Phi) is 5.65. The van der Waals surface area contributed by atoms with Crippen molar-refractivity contribution in [3.63, 3.8) is 0 Å². The van der Waals surface area contributed by atoms with Crippen molar-refractivity contribution in [3.8, 4) is 0 Å². The highest BCUT2D eigenvalue weighted by Crippen LogP contribution is 2.34. The van der Waals surface area contributed by atoms with Crippen LogP contribution in [-0.2, 0) is 6.42 Å². The second-order valence-electron chi connectivity index (χ2n) is 5.60. The van der Waals surface area contributed by atoms with Gasteiger partial charge in [0.15, 0.2) is 0 Å². The van der Waals surface area contributed by atoms with Gasteiger partial charge in [-0.3, -0.25) is 0 Å². The average molecular weight is 284 g/mol. The second-order valence-corrected chi connectivity index (χ2v) is 6.03. The van der Waals surface area contributed by atoms with Crippen molar-refractivity contribution in [2.75, 3.05) is 13.1 Å². The van der Waals surface area contributed by atoms with Gasteiger partial charge in [0.1, 0.15) is 5.82 Å². The molecule has 0 aromatic heterocycles. The van der Waals surface area contributed by atoms with Crippen molar-refractivity contribution in [3.05, 3.63) is 34.6 Å². The average Bonchev–Trinajstić information content (AvgIpc) is 2.82. The first-order valence-corrected chi connectivity index (χ1v) is 7.73. The lowest BCUT2D eigenvalue weighted by molar-refractivity contribution is 0.361. The topological polar surface area (TPSA) is 12.0 Å². The van der Waals surface area contributed by atoms with Gasteiger partial charge in [-0.05, 0) is 74.4 Å². The van der Waals surface area contributed by atoms with Crippen LogP contribution >= 0.6 is 11.6 Å². The Balaban J connectivity index is 1.95. The van der Waals surface area contributed by atoms with Gasteiger partial charge in [-0.15, -0.1) is 0 Å². The van der Waals surface area contributed by atoms with Crippen molar-refractivity contribution in [2.45, 2.75) is 39.0 Å². The molecule has 3 heteroatoms. The van der Waals surface area contributed by atoms with E-state index in [1.165, 1.54) is 31.7 Å². The summed E-state index contributed by atoms with van der Waals surface area (Å²) in [7, 11) is 0. The maximum atomic E-state index is 13.8. The number of hydrogen-bond acceptors (Lipinski definition) is 1. The SMILES string of the molecule is CCCNCC1CCCC1Cc1cc(Cl)ccc1F. The normalized spacial score (nSPS) is 22.9. The number of halogens is 2. The summed E-state index contributed by atoms with van der Waals surface area (Å²) in [5, 5.41) is 4.13. The van der Waals surface area contributed by atoms with Crippen LogP contribution < -0.4 is 5.32 Å². The molecule has 106 valence electrons. The Morgan fingerprint density at radius 3 is 2.89 bits per heavy atom. The van der Waals surface area contributed by atoms with E-state index in [0.717, 1.165) is 25.1 Å². The van der Waals surface area contributed by atoms with Crippen molar-refractivity contribution >= 4 is 11.6 Å². The molecule has 0 aliphatic heterocycles. The third kappa shape index (κ3) is 4.19. The Morgan fingerprint density at radius 1 is 1.32 bits per heavy atom. The fraction of sp³-hybridized carbons (Fsp3) is 0.625. The summed E-state index contributed by atoms with van der Waals surface area (Å²) < 4.78 is 13.8. The molecule has 0 amide bonds. The van der Waals surface area contributed by atoms with Gasteiger partial charge < -0.3 is 5.32 Å². The molecule has 0 bridgehead atoms. The molecule has 1 N–H and O–H groups in total. The highest BCUT2D eigenvalue weighted by molar-refractivity contribution is 6.30. The van der Waals surface area contributed by atoms with Crippen LogP contribution in [0.25, 0.3) is 0 Å². The van der Waals surface area contributed by atoms with Crippen molar-refractivity contribution in [1.82, 2.24) is 5.32 Å². The number of rotatable bonds is 6. The first kappa shape index (κ1) is 14.8. The van der Waals surface area contributed by atoms with Crippen LogP contribution in [0.15, 0.2) is 18.2 Å².